The summed E-state index contributed by atoms with van der Waals surface area (Å²) < 4.78 is 0. The van der Waals surface area contributed by atoms with E-state index in [1.54, 1.807) is 12.3 Å². The maximum atomic E-state index is 11.1. The van der Waals surface area contributed by atoms with Gasteiger partial charge in [0.1, 0.15) is 0 Å². The van der Waals surface area contributed by atoms with Gasteiger partial charge in [0.05, 0.1) is 5.92 Å². The van der Waals surface area contributed by atoms with E-state index in [2.05, 4.69) is 11.9 Å². The summed E-state index contributed by atoms with van der Waals surface area (Å²) in [5.74, 6) is -1.12. The van der Waals surface area contributed by atoms with E-state index in [1.165, 1.54) is 0 Å². The Morgan fingerprint density at radius 3 is 2.87 bits per heavy atom. The first-order chi connectivity index (χ1) is 7.15. The van der Waals surface area contributed by atoms with Gasteiger partial charge in [0.15, 0.2) is 0 Å². The highest BCUT2D eigenvalue weighted by molar-refractivity contribution is 5.75. The van der Waals surface area contributed by atoms with Crippen LogP contribution in [0.3, 0.4) is 0 Å². The lowest BCUT2D eigenvalue weighted by Gasteiger charge is -2.12. The predicted octanol–water partition coefficient (Wildman–Crippen LogP) is 2.75. The fourth-order valence-corrected chi connectivity index (χ4v) is 1.63. The molecule has 1 aromatic heterocycles. The molecule has 0 amide bonds. The molecule has 0 aromatic carbocycles. The Kier molecular flexibility index (Phi) is 4.28. The molecule has 0 bridgehead atoms. The minimum Gasteiger partial charge on any atom is -0.481 e. The number of unbranched alkanes of at least 4 members (excludes halogenated alkanes) is 1. The standard InChI is InChI=1S/C12H17NO2/c1-3-4-5-11(12(14)15)10-6-7-13-9(2)8-10/h6-8,11H,3-5H2,1-2H3,(H,14,15). The van der Waals surface area contributed by atoms with E-state index >= 15 is 0 Å². The summed E-state index contributed by atoms with van der Waals surface area (Å²) in [4.78, 5) is 15.2. The highest BCUT2D eigenvalue weighted by Gasteiger charge is 2.18. The van der Waals surface area contributed by atoms with E-state index in [1.807, 2.05) is 13.0 Å². The summed E-state index contributed by atoms with van der Waals surface area (Å²) in [6, 6.07) is 3.65. The topological polar surface area (TPSA) is 50.2 Å². The number of nitrogens with zero attached hydrogens (tertiary/aromatic N) is 1. The van der Waals surface area contributed by atoms with Crippen LogP contribution in [-0.4, -0.2) is 16.1 Å². The molecule has 0 aliphatic heterocycles. The number of hydrogen-bond acceptors (Lipinski definition) is 2. The van der Waals surface area contributed by atoms with Crippen molar-refractivity contribution in [3.05, 3.63) is 29.6 Å². The first kappa shape index (κ1) is 11.7. The number of hydrogen-bond donors (Lipinski definition) is 1. The van der Waals surface area contributed by atoms with Crippen LogP contribution < -0.4 is 0 Å². The van der Waals surface area contributed by atoms with Crippen molar-refractivity contribution in [3.8, 4) is 0 Å². The summed E-state index contributed by atoms with van der Waals surface area (Å²) in [5, 5.41) is 9.12. The van der Waals surface area contributed by atoms with E-state index in [4.69, 9.17) is 5.11 Å². The second-order valence-electron chi connectivity index (χ2n) is 3.76. The van der Waals surface area contributed by atoms with Gasteiger partial charge in [0, 0.05) is 11.9 Å². The van der Waals surface area contributed by atoms with Gasteiger partial charge in [-0.3, -0.25) is 9.78 Å². The monoisotopic (exact) mass is 207 g/mol. The molecule has 15 heavy (non-hydrogen) atoms. The smallest absolute Gasteiger partial charge is 0.310 e. The van der Waals surface area contributed by atoms with E-state index in [-0.39, 0.29) is 5.92 Å². The van der Waals surface area contributed by atoms with Gasteiger partial charge in [-0.1, -0.05) is 19.8 Å². The van der Waals surface area contributed by atoms with Crippen LogP contribution in [0.15, 0.2) is 18.3 Å². The van der Waals surface area contributed by atoms with Crippen LogP contribution in [0.1, 0.15) is 43.4 Å². The van der Waals surface area contributed by atoms with Gasteiger partial charge in [0.2, 0.25) is 0 Å². The molecule has 0 aliphatic carbocycles. The summed E-state index contributed by atoms with van der Waals surface area (Å²) in [7, 11) is 0. The zero-order chi connectivity index (χ0) is 11.3. The molecule has 82 valence electrons. The second kappa shape index (κ2) is 5.49. The number of carboxylic acid groups (broad SMARTS) is 1. The van der Waals surface area contributed by atoms with Gasteiger partial charge in [-0.15, -0.1) is 0 Å². The number of pyridine rings is 1. The van der Waals surface area contributed by atoms with Crippen molar-refractivity contribution in [1.82, 2.24) is 4.98 Å². The maximum absolute atomic E-state index is 11.1. The molecule has 1 aromatic rings. The predicted molar refractivity (Wildman–Crippen MR) is 58.9 cm³/mol. The average Bonchev–Trinajstić information content (AvgIpc) is 2.18. The minimum absolute atomic E-state index is 0.383. The van der Waals surface area contributed by atoms with Gasteiger partial charge in [0.25, 0.3) is 0 Å². The van der Waals surface area contributed by atoms with Crippen molar-refractivity contribution < 1.29 is 9.90 Å². The molecule has 3 nitrogen and oxygen atoms in total. The van der Waals surface area contributed by atoms with Crippen LogP contribution in [0.25, 0.3) is 0 Å². The van der Waals surface area contributed by atoms with Crippen molar-refractivity contribution in [3.63, 3.8) is 0 Å². The van der Waals surface area contributed by atoms with Crippen molar-refractivity contribution >= 4 is 5.97 Å². The van der Waals surface area contributed by atoms with Crippen LogP contribution in [-0.2, 0) is 4.79 Å². The van der Waals surface area contributed by atoms with E-state index < -0.39 is 5.97 Å². The van der Waals surface area contributed by atoms with Gasteiger partial charge in [-0.25, -0.2) is 0 Å². The number of carboxylic acids is 1. The van der Waals surface area contributed by atoms with Crippen molar-refractivity contribution in [2.45, 2.75) is 39.0 Å². The Balaban J connectivity index is 2.84. The molecular formula is C12H17NO2. The second-order valence-corrected chi connectivity index (χ2v) is 3.76. The fraction of sp³-hybridized carbons (Fsp3) is 0.500. The quantitative estimate of drug-likeness (QED) is 0.807. The molecule has 0 saturated heterocycles. The molecule has 1 N–H and O–H groups in total. The summed E-state index contributed by atoms with van der Waals surface area (Å²) >= 11 is 0. The summed E-state index contributed by atoms with van der Waals surface area (Å²) in [6.45, 7) is 3.94. The van der Waals surface area contributed by atoms with Crippen LogP contribution in [0.4, 0.5) is 0 Å². The molecule has 0 saturated carbocycles. The molecule has 3 heteroatoms. The normalized spacial score (nSPS) is 12.4. The third kappa shape index (κ3) is 3.35. The van der Waals surface area contributed by atoms with Crippen molar-refractivity contribution in [2.75, 3.05) is 0 Å². The SMILES string of the molecule is CCCCC(C(=O)O)c1ccnc(C)c1. The number of aryl methyl sites for hydroxylation is 1. The lowest BCUT2D eigenvalue weighted by molar-refractivity contribution is -0.139. The van der Waals surface area contributed by atoms with Gasteiger partial charge >= 0.3 is 5.97 Å². The van der Waals surface area contributed by atoms with Crippen LogP contribution >= 0.6 is 0 Å². The van der Waals surface area contributed by atoms with E-state index in [0.717, 1.165) is 24.1 Å². The number of aliphatic carboxylic acids is 1. The van der Waals surface area contributed by atoms with Crippen LogP contribution in [0.5, 0.6) is 0 Å². The third-order valence-electron chi connectivity index (χ3n) is 2.47. The highest BCUT2D eigenvalue weighted by Crippen LogP contribution is 2.22. The maximum Gasteiger partial charge on any atom is 0.310 e. The van der Waals surface area contributed by atoms with Crippen molar-refractivity contribution in [2.24, 2.45) is 0 Å². The first-order valence-corrected chi connectivity index (χ1v) is 5.30. The molecule has 0 radical (unpaired) electrons. The Morgan fingerprint density at radius 2 is 2.33 bits per heavy atom. The number of aromatic nitrogens is 1. The van der Waals surface area contributed by atoms with Crippen LogP contribution in [0.2, 0.25) is 0 Å². The van der Waals surface area contributed by atoms with E-state index in [0.29, 0.717) is 6.42 Å². The summed E-state index contributed by atoms with van der Waals surface area (Å²) in [5.41, 5.74) is 1.73. The first-order valence-electron chi connectivity index (χ1n) is 5.30. The van der Waals surface area contributed by atoms with Gasteiger partial charge in [-0.05, 0) is 31.0 Å². The summed E-state index contributed by atoms with van der Waals surface area (Å²) in [6.07, 6.45) is 4.34. The molecule has 0 fully saturated rings. The fourth-order valence-electron chi connectivity index (χ4n) is 1.63. The average molecular weight is 207 g/mol. The Labute approximate surface area is 90.2 Å². The molecule has 1 unspecified atom stereocenters. The van der Waals surface area contributed by atoms with Crippen molar-refractivity contribution in [1.29, 1.82) is 0 Å². The molecular weight excluding hydrogens is 190 g/mol. The molecule has 0 aliphatic rings. The number of carbonyl (C=O) groups is 1. The molecule has 0 spiro atoms. The lowest BCUT2D eigenvalue weighted by atomic mass is 9.94. The zero-order valence-electron chi connectivity index (χ0n) is 9.23. The van der Waals surface area contributed by atoms with E-state index in [9.17, 15) is 4.79 Å². The Bertz CT molecular complexity index is 336. The number of rotatable bonds is 5. The third-order valence-corrected chi connectivity index (χ3v) is 2.47. The largest absolute Gasteiger partial charge is 0.481 e. The minimum atomic E-state index is -0.742. The lowest BCUT2D eigenvalue weighted by Crippen LogP contribution is -2.11. The molecule has 1 atom stereocenters. The van der Waals surface area contributed by atoms with Gasteiger partial charge < -0.3 is 5.11 Å². The molecule has 1 rings (SSSR count). The van der Waals surface area contributed by atoms with Gasteiger partial charge in [-0.2, -0.15) is 0 Å². The van der Waals surface area contributed by atoms with Crippen LogP contribution in [0, 0.1) is 6.92 Å². The Hall–Kier alpha value is -1.38. The zero-order valence-corrected chi connectivity index (χ0v) is 9.23. The molecule has 1 heterocycles. The highest BCUT2D eigenvalue weighted by atomic mass is 16.4. The Morgan fingerprint density at radius 1 is 1.60 bits per heavy atom.